The highest BCUT2D eigenvalue weighted by molar-refractivity contribution is 6.04. The van der Waals surface area contributed by atoms with Crippen molar-refractivity contribution in [1.29, 1.82) is 0 Å². The van der Waals surface area contributed by atoms with Gasteiger partial charge in [0.25, 0.3) is 0 Å². The maximum absolute atomic E-state index is 14.0. The summed E-state index contributed by atoms with van der Waals surface area (Å²) in [7, 11) is 2.61. The molecule has 0 saturated carbocycles. The van der Waals surface area contributed by atoms with Crippen LogP contribution in [0.1, 0.15) is 75.2 Å². The summed E-state index contributed by atoms with van der Waals surface area (Å²) in [4.78, 5) is 69.4. The number of carbonyl (C=O) groups excluding carboxylic acids is 4. The van der Waals surface area contributed by atoms with Gasteiger partial charge in [0.05, 0.1) is 38.2 Å². The first kappa shape index (κ1) is 41.4. The maximum Gasteiger partial charge on any atom is 0.407 e. The van der Waals surface area contributed by atoms with Gasteiger partial charge in [0.1, 0.15) is 17.9 Å². The molecular weight excluding hydrogens is 799 g/mol. The van der Waals surface area contributed by atoms with Crippen LogP contribution in [0.2, 0.25) is 0 Å². The Hall–Kier alpha value is -5.94. The third kappa shape index (κ3) is 8.47. The average Bonchev–Trinajstić information content (AvgIpc) is 4.16. The fourth-order valence-electron chi connectivity index (χ4n) is 9.71. The number of rotatable bonds is 10. The van der Waals surface area contributed by atoms with Gasteiger partial charge in [-0.2, -0.15) is 0 Å². The van der Waals surface area contributed by atoms with E-state index in [0.29, 0.717) is 100 Å². The zero-order valence-corrected chi connectivity index (χ0v) is 35.1. The van der Waals surface area contributed by atoms with E-state index >= 15 is 0 Å². The molecule has 4 fully saturated rings. The molecule has 6 aliphatic rings. The minimum absolute atomic E-state index is 0.0315. The third-order valence-electron chi connectivity index (χ3n) is 13.1. The second kappa shape index (κ2) is 18.2. The van der Waals surface area contributed by atoms with Crippen LogP contribution in [0, 0.1) is 11.8 Å². The van der Waals surface area contributed by atoms with Gasteiger partial charge >= 0.3 is 12.2 Å². The Balaban J connectivity index is 0.845. The molecule has 6 aliphatic heterocycles. The number of hydrogen-bond donors (Lipinski definition) is 3. The largest absolute Gasteiger partial charge is 0.453 e. The van der Waals surface area contributed by atoms with E-state index in [1.807, 2.05) is 52.4 Å². The maximum atomic E-state index is 14.0. The Kier molecular flexibility index (Phi) is 12.1. The van der Waals surface area contributed by atoms with E-state index in [0.717, 1.165) is 53.8 Å². The molecule has 0 radical (unpaired) electrons. The molecule has 4 saturated heterocycles. The lowest BCUT2D eigenvalue weighted by molar-refractivity contribution is -0.137. The average molecular weight is 852 g/mol. The standard InChI is InChI=1S/C45H53N7O10/c1-57-44(55)49-39(26-11-17-59-18-12-26)42(53)51-15-3-5-33(51)31-21-30(24-46-31)28-7-9-35-37(22-28)61-36-10-8-29(23-38(36)62-35)32-25-47-41(48-32)34-6-4-16-52(34)43(54)40(50-45(56)58-2)27-13-19-60-20-14-27/h7-10,22-27,33-34,39-40H,3-6,11-21H2,1-2H3,(H,47,48)(H,49,55)(H,50,56)/t33-,34-,39-,40-/m0/s1. The van der Waals surface area contributed by atoms with Crippen molar-refractivity contribution < 1.29 is 47.6 Å². The SMILES string of the molecule is COC(=O)N[C@H](C(=O)N1CCC[C@H]1C1=NC=C(c2ccc3c(c2)Oc2ccc(-c4cnc([C@@H]5CCCN5C(=O)[C@@H](NC(=O)OC)C5CCOCC5)[nH]4)cc2O3)C1)C1CCOCC1. The number of imidazole rings is 1. The first-order valence-electron chi connectivity index (χ1n) is 21.7. The summed E-state index contributed by atoms with van der Waals surface area (Å²) in [5.41, 5.74) is 4.49. The molecule has 0 aliphatic carbocycles. The fraction of sp³-hybridized carbons (Fsp3) is 0.511. The minimum Gasteiger partial charge on any atom is -0.453 e. The number of hydrogen-bond acceptors (Lipinski definition) is 12. The number of amides is 4. The first-order chi connectivity index (χ1) is 30.3. The number of aromatic amines is 1. The van der Waals surface area contributed by atoms with Gasteiger partial charge in [0.15, 0.2) is 23.0 Å². The van der Waals surface area contributed by atoms with E-state index in [-0.39, 0.29) is 35.7 Å². The smallest absolute Gasteiger partial charge is 0.407 e. The number of H-pyrrole nitrogens is 1. The number of nitrogens with one attached hydrogen (secondary N) is 3. The van der Waals surface area contributed by atoms with Crippen LogP contribution in [-0.2, 0) is 28.5 Å². The Morgan fingerprint density at radius 3 is 1.82 bits per heavy atom. The van der Waals surface area contributed by atoms with Crippen molar-refractivity contribution in [3.63, 3.8) is 0 Å². The molecule has 2 aromatic carbocycles. The molecule has 1 aromatic heterocycles. The summed E-state index contributed by atoms with van der Waals surface area (Å²) < 4.78 is 33.6. The predicted molar refractivity (Wildman–Crippen MR) is 225 cm³/mol. The van der Waals surface area contributed by atoms with Crippen LogP contribution in [0.25, 0.3) is 16.8 Å². The number of alkyl carbamates (subject to hydrolysis) is 2. The Morgan fingerprint density at radius 2 is 1.24 bits per heavy atom. The first-order valence-corrected chi connectivity index (χ1v) is 21.7. The molecule has 328 valence electrons. The van der Waals surface area contributed by atoms with Crippen molar-refractivity contribution in [2.45, 2.75) is 82.0 Å². The van der Waals surface area contributed by atoms with Crippen molar-refractivity contribution in [1.82, 2.24) is 30.4 Å². The lowest BCUT2D eigenvalue weighted by atomic mass is 9.90. The number of likely N-dealkylation sites (tertiary alicyclic amines) is 2. The summed E-state index contributed by atoms with van der Waals surface area (Å²) in [6.07, 6.45) is 8.92. The number of carbonyl (C=O) groups is 4. The Morgan fingerprint density at radius 1 is 0.710 bits per heavy atom. The number of nitrogens with zero attached hydrogens (tertiary/aromatic N) is 4. The highest BCUT2D eigenvalue weighted by Crippen LogP contribution is 2.48. The number of benzene rings is 2. The van der Waals surface area contributed by atoms with Crippen LogP contribution in [0.3, 0.4) is 0 Å². The monoisotopic (exact) mass is 851 g/mol. The number of methoxy groups -OCH3 is 2. The molecule has 0 bridgehead atoms. The van der Waals surface area contributed by atoms with E-state index in [2.05, 4.69) is 15.6 Å². The molecule has 4 amide bonds. The molecule has 0 unspecified atom stereocenters. The summed E-state index contributed by atoms with van der Waals surface area (Å²) in [5, 5.41) is 5.63. The van der Waals surface area contributed by atoms with Crippen molar-refractivity contribution in [3.05, 3.63) is 60.2 Å². The van der Waals surface area contributed by atoms with Gasteiger partial charge in [-0.15, -0.1) is 0 Å². The topological polar surface area (TPSA) is 195 Å². The van der Waals surface area contributed by atoms with Gasteiger partial charge in [-0.1, -0.05) is 6.07 Å². The zero-order valence-electron chi connectivity index (χ0n) is 35.1. The van der Waals surface area contributed by atoms with Gasteiger partial charge in [-0.25, -0.2) is 14.6 Å². The molecule has 3 N–H and O–H groups in total. The van der Waals surface area contributed by atoms with Gasteiger partial charge in [-0.05, 0) is 105 Å². The van der Waals surface area contributed by atoms with Crippen molar-refractivity contribution in [3.8, 4) is 34.3 Å². The Bertz CT molecular complexity index is 2250. The second-order valence-electron chi connectivity index (χ2n) is 16.7. The molecular formula is C45H53N7O10. The molecule has 17 heteroatoms. The van der Waals surface area contributed by atoms with Gasteiger partial charge in [-0.3, -0.25) is 14.6 Å². The third-order valence-corrected chi connectivity index (χ3v) is 13.1. The molecule has 3 aromatic rings. The summed E-state index contributed by atoms with van der Waals surface area (Å²) in [6, 6.07) is 9.73. The summed E-state index contributed by atoms with van der Waals surface area (Å²) >= 11 is 0. The van der Waals surface area contributed by atoms with Crippen LogP contribution in [-0.4, -0.2) is 121 Å². The normalized spacial score (nSPS) is 22.3. The number of aliphatic imine (C=N–C) groups is 1. The van der Waals surface area contributed by atoms with Crippen molar-refractivity contribution in [2.75, 3.05) is 53.7 Å². The van der Waals surface area contributed by atoms with E-state index in [1.54, 1.807) is 6.20 Å². The number of aromatic nitrogens is 2. The van der Waals surface area contributed by atoms with Gasteiger partial charge in [0.2, 0.25) is 11.8 Å². The summed E-state index contributed by atoms with van der Waals surface area (Å²) in [5.74, 6) is 2.64. The molecule has 62 heavy (non-hydrogen) atoms. The fourth-order valence-corrected chi connectivity index (χ4v) is 9.71. The van der Waals surface area contributed by atoms with Crippen molar-refractivity contribution in [2.24, 2.45) is 16.8 Å². The number of allylic oxidation sites excluding steroid dienone is 1. The molecule has 0 spiro atoms. The second-order valence-corrected chi connectivity index (χ2v) is 16.7. The summed E-state index contributed by atoms with van der Waals surface area (Å²) in [6.45, 7) is 3.36. The van der Waals surface area contributed by atoms with E-state index in [9.17, 15) is 19.2 Å². The van der Waals surface area contributed by atoms with Crippen LogP contribution < -0.4 is 20.1 Å². The van der Waals surface area contributed by atoms with Gasteiger partial charge < -0.3 is 53.8 Å². The highest BCUT2D eigenvalue weighted by atomic mass is 16.6. The zero-order chi connectivity index (χ0) is 42.7. The van der Waals surface area contributed by atoms with Crippen LogP contribution in [0.5, 0.6) is 23.0 Å². The lowest BCUT2D eigenvalue weighted by Crippen LogP contribution is -2.55. The van der Waals surface area contributed by atoms with Crippen molar-refractivity contribution >= 4 is 35.3 Å². The quantitative estimate of drug-likeness (QED) is 0.166. The van der Waals surface area contributed by atoms with Crippen LogP contribution in [0.15, 0.2) is 53.8 Å². The lowest BCUT2D eigenvalue weighted by Gasteiger charge is -2.34. The number of ether oxygens (including phenoxy) is 6. The van der Waals surface area contributed by atoms with Crippen LogP contribution >= 0.6 is 0 Å². The molecule has 9 rings (SSSR count). The molecule has 17 nitrogen and oxygen atoms in total. The molecule has 4 atom stereocenters. The van der Waals surface area contributed by atoms with Crippen LogP contribution in [0.4, 0.5) is 9.59 Å². The van der Waals surface area contributed by atoms with E-state index in [4.69, 9.17) is 38.4 Å². The predicted octanol–water partition coefficient (Wildman–Crippen LogP) is 6.12. The van der Waals surface area contributed by atoms with E-state index < -0.39 is 24.3 Å². The molecule has 7 heterocycles. The van der Waals surface area contributed by atoms with Gasteiger partial charge in [0, 0.05) is 63.4 Å². The minimum atomic E-state index is -0.710. The Labute approximate surface area is 359 Å². The highest BCUT2D eigenvalue weighted by Gasteiger charge is 2.42. The van der Waals surface area contributed by atoms with E-state index in [1.165, 1.54) is 14.2 Å². The number of fused-ring (bicyclic) bond motifs is 2.